The van der Waals surface area contributed by atoms with Crippen LogP contribution in [0, 0.1) is 0 Å². The highest BCUT2D eigenvalue weighted by molar-refractivity contribution is 6.11. The van der Waals surface area contributed by atoms with E-state index in [1.807, 2.05) is 37.2 Å². The molecule has 0 aliphatic carbocycles. The van der Waals surface area contributed by atoms with Gasteiger partial charge >= 0.3 is 0 Å². The van der Waals surface area contributed by atoms with Crippen molar-refractivity contribution in [2.45, 2.75) is 6.92 Å². The fraction of sp³-hybridized carbons (Fsp3) is 0.188. The van der Waals surface area contributed by atoms with Gasteiger partial charge in [0.2, 0.25) is 5.91 Å². The van der Waals surface area contributed by atoms with E-state index >= 15 is 0 Å². The molecular formula is C16H17N3O. The number of anilines is 2. The van der Waals surface area contributed by atoms with Gasteiger partial charge in [-0.1, -0.05) is 18.2 Å². The monoisotopic (exact) mass is 267 g/mol. The molecule has 0 spiro atoms. The van der Waals surface area contributed by atoms with Crippen LogP contribution >= 0.6 is 0 Å². The van der Waals surface area contributed by atoms with Gasteiger partial charge in [0.15, 0.2) is 0 Å². The van der Waals surface area contributed by atoms with Crippen LogP contribution in [0.1, 0.15) is 6.92 Å². The number of para-hydroxylation sites is 1. The zero-order valence-electron chi connectivity index (χ0n) is 11.8. The van der Waals surface area contributed by atoms with Crippen molar-refractivity contribution in [2.24, 2.45) is 0 Å². The first kappa shape index (κ1) is 12.5. The summed E-state index contributed by atoms with van der Waals surface area (Å²) in [7, 11) is 3.93. The van der Waals surface area contributed by atoms with Crippen LogP contribution in [0.25, 0.3) is 21.8 Å². The van der Waals surface area contributed by atoms with Crippen LogP contribution in [0.15, 0.2) is 36.4 Å². The van der Waals surface area contributed by atoms with Gasteiger partial charge in [-0.3, -0.25) is 4.79 Å². The van der Waals surface area contributed by atoms with Crippen molar-refractivity contribution in [3.63, 3.8) is 0 Å². The maximum atomic E-state index is 11.4. The molecule has 0 radical (unpaired) electrons. The van der Waals surface area contributed by atoms with E-state index in [0.717, 1.165) is 27.8 Å². The summed E-state index contributed by atoms with van der Waals surface area (Å²) in [4.78, 5) is 16.8. The van der Waals surface area contributed by atoms with Gasteiger partial charge in [-0.05, 0) is 18.2 Å². The van der Waals surface area contributed by atoms with Crippen LogP contribution in [0.2, 0.25) is 0 Å². The lowest BCUT2D eigenvalue weighted by molar-refractivity contribution is -0.114. The van der Waals surface area contributed by atoms with Gasteiger partial charge in [0.1, 0.15) is 0 Å². The molecule has 1 aromatic heterocycles. The van der Waals surface area contributed by atoms with E-state index in [9.17, 15) is 4.79 Å². The molecular weight excluding hydrogens is 250 g/mol. The average Bonchev–Trinajstić information content (AvgIpc) is 2.75. The number of H-pyrrole nitrogens is 1. The Morgan fingerprint density at radius 3 is 2.55 bits per heavy atom. The van der Waals surface area contributed by atoms with Gasteiger partial charge in [0.25, 0.3) is 0 Å². The number of carbonyl (C=O) groups excluding carboxylic acids is 1. The van der Waals surface area contributed by atoms with Crippen molar-refractivity contribution in [1.82, 2.24) is 4.98 Å². The van der Waals surface area contributed by atoms with Gasteiger partial charge in [0.05, 0.1) is 11.4 Å². The van der Waals surface area contributed by atoms with Crippen molar-refractivity contribution < 1.29 is 4.79 Å². The Hall–Kier alpha value is -2.49. The van der Waals surface area contributed by atoms with Crippen LogP contribution in [0.3, 0.4) is 0 Å². The molecule has 102 valence electrons. The molecule has 0 aliphatic rings. The Morgan fingerprint density at radius 1 is 1.10 bits per heavy atom. The molecule has 20 heavy (non-hydrogen) atoms. The largest absolute Gasteiger partial charge is 0.376 e. The van der Waals surface area contributed by atoms with E-state index in [-0.39, 0.29) is 5.91 Å². The number of aromatic amines is 1. The van der Waals surface area contributed by atoms with E-state index in [1.54, 1.807) is 0 Å². The Balaban J connectivity index is 2.32. The topological polar surface area (TPSA) is 48.1 Å². The van der Waals surface area contributed by atoms with Crippen LogP contribution in [0.4, 0.5) is 11.4 Å². The lowest BCUT2D eigenvalue weighted by atomic mass is 10.1. The molecule has 3 aromatic rings. The number of hydrogen-bond acceptors (Lipinski definition) is 2. The number of carbonyl (C=O) groups is 1. The van der Waals surface area contributed by atoms with E-state index in [0.29, 0.717) is 0 Å². The van der Waals surface area contributed by atoms with Gasteiger partial charge in [-0.25, -0.2) is 0 Å². The number of nitrogens with one attached hydrogen (secondary N) is 2. The van der Waals surface area contributed by atoms with Gasteiger partial charge in [-0.2, -0.15) is 0 Å². The highest BCUT2D eigenvalue weighted by atomic mass is 16.1. The maximum absolute atomic E-state index is 11.4. The zero-order chi connectivity index (χ0) is 14.3. The summed E-state index contributed by atoms with van der Waals surface area (Å²) in [6, 6.07) is 12.3. The summed E-state index contributed by atoms with van der Waals surface area (Å²) in [6.45, 7) is 1.53. The molecule has 0 saturated heterocycles. The van der Waals surface area contributed by atoms with E-state index in [4.69, 9.17) is 0 Å². The summed E-state index contributed by atoms with van der Waals surface area (Å²) in [6.07, 6.45) is 0. The molecule has 2 aromatic carbocycles. The number of amides is 1. The lowest BCUT2D eigenvalue weighted by Crippen LogP contribution is -2.14. The van der Waals surface area contributed by atoms with Crippen molar-refractivity contribution in [1.29, 1.82) is 0 Å². The third kappa shape index (κ3) is 1.99. The van der Waals surface area contributed by atoms with Gasteiger partial charge in [0, 0.05) is 42.8 Å². The quantitative estimate of drug-likeness (QED) is 0.748. The summed E-state index contributed by atoms with van der Waals surface area (Å²) in [5.74, 6) is -0.0627. The molecule has 0 bridgehead atoms. The SMILES string of the molecule is CC(=O)Nc1cc2c(cc1N(C)C)[nH]c1ccccc12. The molecule has 0 saturated carbocycles. The van der Waals surface area contributed by atoms with Crippen molar-refractivity contribution in [2.75, 3.05) is 24.3 Å². The summed E-state index contributed by atoms with van der Waals surface area (Å²) >= 11 is 0. The molecule has 0 unspecified atom stereocenters. The summed E-state index contributed by atoms with van der Waals surface area (Å²) in [5, 5.41) is 5.19. The van der Waals surface area contributed by atoms with Gasteiger partial charge in [-0.15, -0.1) is 0 Å². The first-order chi connectivity index (χ1) is 9.56. The Morgan fingerprint density at radius 2 is 1.85 bits per heavy atom. The van der Waals surface area contributed by atoms with E-state index in [2.05, 4.69) is 28.5 Å². The second kappa shape index (κ2) is 4.56. The van der Waals surface area contributed by atoms with Crippen molar-refractivity contribution in [3.05, 3.63) is 36.4 Å². The summed E-state index contributed by atoms with van der Waals surface area (Å²) < 4.78 is 0. The molecule has 0 fully saturated rings. The smallest absolute Gasteiger partial charge is 0.221 e. The predicted octanol–water partition coefficient (Wildman–Crippen LogP) is 3.35. The molecule has 4 heteroatoms. The average molecular weight is 267 g/mol. The fourth-order valence-corrected chi connectivity index (χ4v) is 2.55. The maximum Gasteiger partial charge on any atom is 0.221 e. The van der Waals surface area contributed by atoms with Crippen LogP contribution in [-0.2, 0) is 4.79 Å². The first-order valence-electron chi connectivity index (χ1n) is 6.55. The van der Waals surface area contributed by atoms with Crippen molar-refractivity contribution in [3.8, 4) is 0 Å². The highest BCUT2D eigenvalue weighted by Gasteiger charge is 2.11. The molecule has 1 heterocycles. The standard InChI is InChI=1S/C16H17N3O/c1-10(20)17-15-8-12-11-6-4-5-7-13(11)18-14(12)9-16(15)19(2)3/h4-9,18H,1-3H3,(H,17,20). The minimum atomic E-state index is -0.0627. The van der Waals surface area contributed by atoms with Crippen LogP contribution in [-0.4, -0.2) is 25.0 Å². The first-order valence-corrected chi connectivity index (χ1v) is 6.55. The van der Waals surface area contributed by atoms with Crippen molar-refractivity contribution >= 4 is 39.1 Å². The third-order valence-electron chi connectivity index (χ3n) is 3.41. The second-order valence-electron chi connectivity index (χ2n) is 5.16. The van der Waals surface area contributed by atoms with Crippen LogP contribution < -0.4 is 10.2 Å². The molecule has 1 amide bonds. The summed E-state index contributed by atoms with van der Waals surface area (Å²) in [5.41, 5.74) is 4.00. The molecule has 2 N–H and O–H groups in total. The van der Waals surface area contributed by atoms with E-state index in [1.165, 1.54) is 12.3 Å². The van der Waals surface area contributed by atoms with Crippen LogP contribution in [0.5, 0.6) is 0 Å². The number of aromatic nitrogens is 1. The normalized spacial score (nSPS) is 10.9. The molecule has 3 rings (SSSR count). The number of fused-ring (bicyclic) bond motifs is 3. The number of rotatable bonds is 2. The Bertz CT molecular complexity index is 802. The second-order valence-corrected chi connectivity index (χ2v) is 5.16. The number of benzene rings is 2. The minimum Gasteiger partial charge on any atom is -0.376 e. The number of nitrogens with zero attached hydrogens (tertiary/aromatic N) is 1. The fourth-order valence-electron chi connectivity index (χ4n) is 2.55. The third-order valence-corrected chi connectivity index (χ3v) is 3.41. The Kier molecular flexibility index (Phi) is 2.86. The molecule has 0 atom stereocenters. The zero-order valence-corrected chi connectivity index (χ0v) is 11.8. The predicted molar refractivity (Wildman–Crippen MR) is 84.4 cm³/mol. The van der Waals surface area contributed by atoms with E-state index < -0.39 is 0 Å². The lowest BCUT2D eigenvalue weighted by Gasteiger charge is -2.17. The van der Waals surface area contributed by atoms with Gasteiger partial charge < -0.3 is 15.2 Å². The molecule has 4 nitrogen and oxygen atoms in total. The number of hydrogen-bond donors (Lipinski definition) is 2. The highest BCUT2D eigenvalue weighted by Crippen LogP contribution is 2.34. The Labute approximate surface area is 117 Å². The molecule has 0 aliphatic heterocycles. The minimum absolute atomic E-state index is 0.0627.